The van der Waals surface area contributed by atoms with E-state index in [0.717, 1.165) is 25.3 Å². The van der Waals surface area contributed by atoms with Gasteiger partial charge in [0.1, 0.15) is 0 Å². The van der Waals surface area contributed by atoms with Crippen LogP contribution in [0.2, 0.25) is 0 Å². The number of rotatable bonds is 8. The van der Waals surface area contributed by atoms with Crippen molar-refractivity contribution in [3.05, 3.63) is 12.7 Å². The van der Waals surface area contributed by atoms with Crippen molar-refractivity contribution in [2.45, 2.75) is 32.6 Å². The van der Waals surface area contributed by atoms with Crippen molar-refractivity contribution in [2.75, 3.05) is 5.75 Å². The summed E-state index contributed by atoms with van der Waals surface area (Å²) < 4.78 is 26.2. The van der Waals surface area contributed by atoms with E-state index in [1.54, 1.807) is 0 Å². The molecule has 0 spiro atoms. The molecule has 0 aliphatic carbocycles. The average molecular weight is 263 g/mol. The van der Waals surface area contributed by atoms with Crippen LogP contribution in [0.5, 0.6) is 0 Å². The molecule has 7 heteroatoms. The van der Waals surface area contributed by atoms with Crippen molar-refractivity contribution in [1.29, 1.82) is 0 Å². The molecule has 0 aromatic carbocycles. The predicted octanol–water partition coefficient (Wildman–Crippen LogP) is 1.40. The molecule has 0 saturated heterocycles. The summed E-state index contributed by atoms with van der Waals surface area (Å²) in [5, 5.41) is 0. The third kappa shape index (κ3) is 10.4. The van der Waals surface area contributed by atoms with Gasteiger partial charge >= 0.3 is 39.1 Å². The molecule has 0 aliphatic rings. The maximum absolute atomic E-state index is 11.1. The molecule has 5 nitrogen and oxygen atoms in total. The van der Waals surface area contributed by atoms with Crippen molar-refractivity contribution in [3.8, 4) is 0 Å². The molecule has 0 atom stereocenters. The number of carbonyl (C=O) groups is 1. The molecule has 16 heavy (non-hydrogen) atoms. The van der Waals surface area contributed by atoms with Gasteiger partial charge in [-0.1, -0.05) is 37.1 Å². The minimum atomic E-state index is -3.76. The first-order valence-electron chi connectivity index (χ1n) is 4.77. The molecule has 0 fully saturated rings. The smallest absolute Gasteiger partial charge is 1.00 e. The van der Waals surface area contributed by atoms with Crippen LogP contribution in [0.15, 0.2) is 12.7 Å². The molecule has 0 saturated carbocycles. The van der Waals surface area contributed by atoms with E-state index in [1.807, 2.05) is 6.92 Å². The second kappa shape index (κ2) is 10.1. The van der Waals surface area contributed by atoms with E-state index in [4.69, 9.17) is 0 Å². The zero-order chi connectivity index (χ0) is 11.7. The van der Waals surface area contributed by atoms with Crippen LogP contribution in [0.3, 0.4) is 0 Å². The Morgan fingerprint density at radius 2 is 2.00 bits per heavy atom. The largest absolute Gasteiger partial charge is 2.00 e. The van der Waals surface area contributed by atoms with Crippen LogP contribution >= 0.6 is 0 Å². The Morgan fingerprint density at radius 1 is 1.38 bits per heavy atom. The summed E-state index contributed by atoms with van der Waals surface area (Å²) in [6, 6.07) is 0. The third-order valence-corrected chi connectivity index (χ3v) is 2.70. The number of unbranched alkanes of at least 4 members (excludes halogenated alkanes) is 3. The van der Waals surface area contributed by atoms with Crippen molar-refractivity contribution in [2.24, 2.45) is 0 Å². The Bertz CT molecular complexity index is 308. The van der Waals surface area contributed by atoms with Crippen molar-refractivity contribution >= 4 is 39.1 Å². The second-order valence-electron chi connectivity index (χ2n) is 3.00. The maximum Gasteiger partial charge on any atom is 2.00 e. The molecule has 0 N–H and O–H groups in total. The number of carbonyl (C=O) groups excluding carboxylic acids is 1. The van der Waals surface area contributed by atoms with Crippen molar-refractivity contribution in [1.82, 2.24) is 0 Å². The Kier molecular flexibility index (Phi) is 11.5. The van der Waals surface area contributed by atoms with Crippen LogP contribution in [0.4, 0.5) is 0 Å². The first-order valence-corrected chi connectivity index (χ1v) is 6.34. The molecule has 0 heterocycles. The van der Waals surface area contributed by atoms with Gasteiger partial charge in [-0.05, 0) is 6.42 Å². The van der Waals surface area contributed by atoms with E-state index in [2.05, 4.69) is 15.8 Å². The summed E-state index contributed by atoms with van der Waals surface area (Å²) in [6.07, 6.45) is 4.14. The van der Waals surface area contributed by atoms with E-state index >= 15 is 0 Å². The monoisotopic (exact) mass is 262 g/mol. The normalized spacial score (nSPS) is 10.3. The van der Waals surface area contributed by atoms with Gasteiger partial charge in [0.2, 0.25) is 0 Å². The molecular weight excluding hydrogens is 244 g/mol. The molecule has 0 aromatic rings. The average Bonchev–Trinajstić information content (AvgIpc) is 2.21. The summed E-state index contributed by atoms with van der Waals surface area (Å²) in [7, 11) is -3.76. The summed E-state index contributed by atoms with van der Waals surface area (Å²) in [5.74, 6) is -1.07. The van der Waals surface area contributed by atoms with Crippen LogP contribution < -0.4 is 0 Å². The van der Waals surface area contributed by atoms with Gasteiger partial charge in [0, 0.05) is 6.08 Å². The van der Waals surface area contributed by atoms with Gasteiger partial charge in [0.25, 0.3) is 0 Å². The topological polar surface area (TPSA) is 69.7 Å². The molecular formula is C9H18MgO5S. The Balaban J connectivity index is -0.000000327. The third-order valence-electron chi connectivity index (χ3n) is 1.63. The zero-order valence-electron chi connectivity index (χ0n) is 11.5. The minimum Gasteiger partial charge on any atom is -1.00 e. The van der Waals surface area contributed by atoms with Crippen LogP contribution in [-0.4, -0.2) is 43.2 Å². The van der Waals surface area contributed by atoms with Crippen LogP contribution in [0.25, 0.3) is 0 Å². The van der Waals surface area contributed by atoms with Gasteiger partial charge in [0.15, 0.2) is 0 Å². The maximum atomic E-state index is 11.1. The molecule has 0 unspecified atom stereocenters. The van der Waals surface area contributed by atoms with Gasteiger partial charge in [-0.3, -0.25) is 4.89 Å². The standard InChI is InChI=1S/C9H16O5S.Mg.2H/c1-3-5-6-7-8-15(11,12)14-13-9(10)4-2;;;/h4H,2-3,5-8H2,1H3;;;/q;+2;2*-1. The van der Waals surface area contributed by atoms with Crippen LogP contribution in [0.1, 0.15) is 35.5 Å². The Hall–Kier alpha value is -0.114. The van der Waals surface area contributed by atoms with Gasteiger partial charge in [-0.15, -0.1) is 0 Å². The fourth-order valence-corrected chi connectivity index (χ4v) is 1.66. The predicted molar refractivity (Wildman–Crippen MR) is 63.3 cm³/mol. The van der Waals surface area contributed by atoms with E-state index in [0.29, 0.717) is 6.42 Å². The van der Waals surface area contributed by atoms with Gasteiger partial charge in [0.05, 0.1) is 5.75 Å². The molecule has 0 bridgehead atoms. The fourth-order valence-electron chi connectivity index (χ4n) is 0.859. The minimum absolute atomic E-state index is 0. The second-order valence-corrected chi connectivity index (χ2v) is 4.66. The summed E-state index contributed by atoms with van der Waals surface area (Å²) in [5.41, 5.74) is 0. The zero-order valence-corrected chi connectivity index (χ0v) is 11.7. The van der Waals surface area contributed by atoms with E-state index in [-0.39, 0.29) is 31.7 Å². The molecule has 0 rings (SSSR count). The number of hydrogen-bond donors (Lipinski definition) is 0. The quantitative estimate of drug-likeness (QED) is 0.217. The van der Waals surface area contributed by atoms with E-state index in [1.165, 1.54) is 0 Å². The first-order chi connectivity index (χ1) is 7.02. The molecule has 0 aromatic heterocycles. The van der Waals surface area contributed by atoms with E-state index in [9.17, 15) is 13.2 Å². The Labute approximate surface area is 115 Å². The fraction of sp³-hybridized carbons (Fsp3) is 0.667. The van der Waals surface area contributed by atoms with Gasteiger partial charge < -0.3 is 2.85 Å². The summed E-state index contributed by atoms with van der Waals surface area (Å²) in [6.45, 7) is 5.12. The molecule has 0 radical (unpaired) electrons. The number of hydrogen-bond acceptors (Lipinski definition) is 5. The van der Waals surface area contributed by atoms with Gasteiger partial charge in [-0.2, -0.15) is 8.42 Å². The summed E-state index contributed by atoms with van der Waals surface area (Å²) >= 11 is 0. The molecule has 0 amide bonds. The SMILES string of the molecule is C=CC(=O)OOS(=O)(=O)CCCCCC.[H-].[H-].[Mg+2]. The van der Waals surface area contributed by atoms with Crippen LogP contribution in [-0.2, 0) is 24.1 Å². The molecule has 0 aliphatic heterocycles. The van der Waals surface area contributed by atoms with E-state index < -0.39 is 16.1 Å². The van der Waals surface area contributed by atoms with Crippen LogP contribution in [0, 0.1) is 0 Å². The van der Waals surface area contributed by atoms with Crippen molar-refractivity contribution in [3.63, 3.8) is 0 Å². The Morgan fingerprint density at radius 3 is 2.50 bits per heavy atom. The van der Waals surface area contributed by atoms with Crippen molar-refractivity contribution < 1.29 is 25.3 Å². The van der Waals surface area contributed by atoms with Gasteiger partial charge in [-0.25, -0.2) is 4.79 Å². The summed E-state index contributed by atoms with van der Waals surface area (Å²) in [4.78, 5) is 14.5. The first kappa shape index (κ1) is 18.3. The molecule has 92 valence electrons.